The Morgan fingerprint density at radius 2 is 1.96 bits per heavy atom. The average Bonchev–Trinajstić information content (AvgIpc) is 2.59. The summed E-state index contributed by atoms with van der Waals surface area (Å²) < 4.78 is 0. The van der Waals surface area contributed by atoms with Gasteiger partial charge in [0.2, 0.25) is 5.91 Å². The molecule has 0 spiro atoms. The fourth-order valence-corrected chi connectivity index (χ4v) is 3.05. The molecule has 1 saturated heterocycles. The Labute approximate surface area is 145 Å². The standard InChI is InChI=1S/C19H31N3O2/c1-21(2)12-13-22-10-8-16(9-11-22)15-20-19(24)14-18(23)17-6-4-3-5-7-17/h3-7,16,18,23H,8-15H2,1-2H3,(H,20,24). The lowest BCUT2D eigenvalue weighted by atomic mass is 9.96. The van der Waals surface area contributed by atoms with Gasteiger partial charge in [0.1, 0.15) is 0 Å². The first-order valence-electron chi connectivity index (χ1n) is 8.91. The van der Waals surface area contributed by atoms with Crippen LogP contribution in [-0.4, -0.2) is 67.6 Å². The zero-order chi connectivity index (χ0) is 17.4. The van der Waals surface area contributed by atoms with Gasteiger partial charge in [0.05, 0.1) is 12.5 Å². The van der Waals surface area contributed by atoms with Gasteiger partial charge in [0.15, 0.2) is 0 Å². The molecule has 0 aliphatic carbocycles. The summed E-state index contributed by atoms with van der Waals surface area (Å²) in [4.78, 5) is 16.7. The normalized spacial score (nSPS) is 17.8. The number of likely N-dealkylation sites (tertiary alicyclic amines) is 1. The van der Waals surface area contributed by atoms with Crippen LogP contribution in [-0.2, 0) is 4.79 Å². The number of benzene rings is 1. The molecule has 24 heavy (non-hydrogen) atoms. The van der Waals surface area contributed by atoms with Crippen molar-refractivity contribution in [1.29, 1.82) is 0 Å². The van der Waals surface area contributed by atoms with Crippen molar-refractivity contribution in [1.82, 2.24) is 15.1 Å². The molecule has 0 saturated carbocycles. The lowest BCUT2D eigenvalue weighted by Gasteiger charge is -2.32. The number of hydrogen-bond acceptors (Lipinski definition) is 4. The Morgan fingerprint density at radius 1 is 1.29 bits per heavy atom. The average molecular weight is 333 g/mol. The summed E-state index contributed by atoms with van der Waals surface area (Å²) in [5.41, 5.74) is 0.793. The third kappa shape index (κ3) is 6.59. The summed E-state index contributed by atoms with van der Waals surface area (Å²) in [5, 5.41) is 13.1. The molecule has 1 aromatic rings. The monoisotopic (exact) mass is 333 g/mol. The minimum absolute atomic E-state index is 0.0682. The highest BCUT2D eigenvalue weighted by Gasteiger charge is 2.20. The minimum Gasteiger partial charge on any atom is -0.388 e. The van der Waals surface area contributed by atoms with Gasteiger partial charge >= 0.3 is 0 Å². The molecule has 1 unspecified atom stereocenters. The van der Waals surface area contributed by atoms with Crippen LogP contribution in [0.4, 0.5) is 0 Å². The molecular formula is C19H31N3O2. The van der Waals surface area contributed by atoms with Gasteiger partial charge in [-0.15, -0.1) is 0 Å². The van der Waals surface area contributed by atoms with Crippen molar-refractivity contribution < 1.29 is 9.90 Å². The Balaban J connectivity index is 1.63. The summed E-state index contributed by atoms with van der Waals surface area (Å²) in [6.07, 6.45) is 1.68. The summed E-state index contributed by atoms with van der Waals surface area (Å²) in [7, 11) is 4.21. The number of likely N-dealkylation sites (N-methyl/N-ethyl adjacent to an activating group) is 1. The number of aliphatic hydroxyl groups excluding tert-OH is 1. The highest BCUT2D eigenvalue weighted by Crippen LogP contribution is 2.18. The lowest BCUT2D eigenvalue weighted by Crippen LogP contribution is -2.41. The second-order valence-electron chi connectivity index (χ2n) is 7.02. The van der Waals surface area contributed by atoms with Crippen LogP contribution >= 0.6 is 0 Å². The number of carbonyl (C=O) groups is 1. The number of hydrogen-bond donors (Lipinski definition) is 2. The van der Waals surface area contributed by atoms with E-state index in [9.17, 15) is 9.90 Å². The van der Waals surface area contributed by atoms with Gasteiger partial charge in [-0.2, -0.15) is 0 Å². The summed E-state index contributed by atoms with van der Waals surface area (Å²) in [6.45, 7) is 5.16. The van der Waals surface area contributed by atoms with E-state index in [1.807, 2.05) is 30.3 Å². The van der Waals surface area contributed by atoms with Gasteiger partial charge < -0.3 is 20.2 Å². The molecule has 2 N–H and O–H groups in total. The molecule has 1 atom stereocenters. The van der Waals surface area contributed by atoms with E-state index in [4.69, 9.17) is 0 Å². The largest absolute Gasteiger partial charge is 0.388 e. The van der Waals surface area contributed by atoms with Gasteiger partial charge in [-0.05, 0) is 51.5 Å². The smallest absolute Gasteiger partial charge is 0.222 e. The number of nitrogens with one attached hydrogen (secondary N) is 1. The Bertz CT molecular complexity index is 485. The third-order valence-electron chi connectivity index (χ3n) is 4.72. The number of rotatable bonds is 8. The van der Waals surface area contributed by atoms with Crippen molar-refractivity contribution in [3.63, 3.8) is 0 Å². The van der Waals surface area contributed by atoms with E-state index in [1.54, 1.807) is 0 Å². The van der Waals surface area contributed by atoms with E-state index in [-0.39, 0.29) is 12.3 Å². The molecule has 5 nitrogen and oxygen atoms in total. The maximum absolute atomic E-state index is 12.0. The quantitative estimate of drug-likeness (QED) is 0.757. The SMILES string of the molecule is CN(C)CCN1CCC(CNC(=O)CC(O)c2ccccc2)CC1. The van der Waals surface area contributed by atoms with Crippen LogP contribution in [0.3, 0.4) is 0 Å². The molecule has 1 aromatic carbocycles. The molecule has 2 rings (SSSR count). The maximum Gasteiger partial charge on any atom is 0.222 e. The molecule has 134 valence electrons. The van der Waals surface area contributed by atoms with Crippen molar-refractivity contribution in [3.05, 3.63) is 35.9 Å². The Kier molecular flexibility index (Phi) is 7.69. The van der Waals surface area contributed by atoms with Gasteiger partial charge in [0, 0.05) is 19.6 Å². The molecule has 1 aliphatic rings. The lowest BCUT2D eigenvalue weighted by molar-refractivity contribution is -0.123. The second-order valence-corrected chi connectivity index (χ2v) is 7.02. The first-order valence-corrected chi connectivity index (χ1v) is 8.91. The van der Waals surface area contributed by atoms with Crippen LogP contribution in [0, 0.1) is 5.92 Å². The van der Waals surface area contributed by atoms with Gasteiger partial charge in [-0.25, -0.2) is 0 Å². The predicted molar refractivity (Wildman–Crippen MR) is 96.7 cm³/mol. The fourth-order valence-electron chi connectivity index (χ4n) is 3.05. The second kappa shape index (κ2) is 9.77. The van der Waals surface area contributed by atoms with E-state index >= 15 is 0 Å². The number of nitrogens with zero attached hydrogens (tertiary/aromatic N) is 2. The van der Waals surface area contributed by atoms with Crippen LogP contribution in [0.2, 0.25) is 0 Å². The van der Waals surface area contributed by atoms with E-state index in [2.05, 4.69) is 29.2 Å². The van der Waals surface area contributed by atoms with Crippen LogP contribution in [0.15, 0.2) is 30.3 Å². The molecule has 1 heterocycles. The molecule has 5 heteroatoms. The fraction of sp³-hybridized carbons (Fsp3) is 0.632. The topological polar surface area (TPSA) is 55.8 Å². The molecule has 0 bridgehead atoms. The number of aliphatic hydroxyl groups is 1. The van der Waals surface area contributed by atoms with Gasteiger partial charge in [-0.1, -0.05) is 30.3 Å². The Hall–Kier alpha value is -1.43. The van der Waals surface area contributed by atoms with Crippen LogP contribution in [0.25, 0.3) is 0 Å². The van der Waals surface area contributed by atoms with Gasteiger partial charge in [-0.3, -0.25) is 4.79 Å². The van der Waals surface area contributed by atoms with Crippen molar-refractivity contribution in [2.24, 2.45) is 5.92 Å². The van der Waals surface area contributed by atoms with Crippen molar-refractivity contribution >= 4 is 5.91 Å². The van der Waals surface area contributed by atoms with E-state index in [0.717, 1.165) is 51.1 Å². The summed E-state index contributed by atoms with van der Waals surface area (Å²) in [5.74, 6) is 0.486. The van der Waals surface area contributed by atoms with E-state index < -0.39 is 6.10 Å². The van der Waals surface area contributed by atoms with Crippen molar-refractivity contribution in [2.45, 2.75) is 25.4 Å². The van der Waals surface area contributed by atoms with E-state index in [1.165, 1.54) is 0 Å². The van der Waals surface area contributed by atoms with Crippen molar-refractivity contribution in [2.75, 3.05) is 46.8 Å². The van der Waals surface area contributed by atoms with E-state index in [0.29, 0.717) is 5.92 Å². The highest BCUT2D eigenvalue weighted by atomic mass is 16.3. The third-order valence-corrected chi connectivity index (χ3v) is 4.72. The zero-order valence-electron chi connectivity index (χ0n) is 14.9. The summed E-state index contributed by atoms with van der Waals surface area (Å²) >= 11 is 0. The van der Waals surface area contributed by atoms with Crippen LogP contribution < -0.4 is 5.32 Å². The van der Waals surface area contributed by atoms with Gasteiger partial charge in [0.25, 0.3) is 0 Å². The maximum atomic E-state index is 12.0. The van der Waals surface area contributed by atoms with Crippen LogP contribution in [0.5, 0.6) is 0 Å². The Morgan fingerprint density at radius 3 is 2.58 bits per heavy atom. The van der Waals surface area contributed by atoms with Crippen LogP contribution in [0.1, 0.15) is 30.9 Å². The molecule has 1 fully saturated rings. The summed E-state index contributed by atoms with van der Waals surface area (Å²) in [6, 6.07) is 9.35. The number of amides is 1. The first kappa shape index (κ1) is 18.9. The molecular weight excluding hydrogens is 302 g/mol. The molecule has 0 radical (unpaired) electrons. The number of piperidine rings is 1. The number of carbonyl (C=O) groups excluding carboxylic acids is 1. The van der Waals surface area contributed by atoms with Crippen molar-refractivity contribution in [3.8, 4) is 0 Å². The predicted octanol–water partition coefficient (Wildman–Crippen LogP) is 1.50. The first-order chi connectivity index (χ1) is 11.5. The minimum atomic E-state index is -0.723. The highest BCUT2D eigenvalue weighted by molar-refractivity contribution is 5.76. The molecule has 1 amide bonds. The molecule has 0 aromatic heterocycles. The molecule has 1 aliphatic heterocycles. The zero-order valence-corrected chi connectivity index (χ0v) is 14.9.